The third kappa shape index (κ3) is 4.76. The summed E-state index contributed by atoms with van der Waals surface area (Å²) in [6.07, 6.45) is 5.67. The second kappa shape index (κ2) is 9.16. The highest BCUT2D eigenvalue weighted by Crippen LogP contribution is 2.25. The van der Waals surface area contributed by atoms with Gasteiger partial charge in [-0.25, -0.2) is 4.79 Å². The molecule has 0 radical (unpaired) electrons. The van der Waals surface area contributed by atoms with E-state index in [1.807, 2.05) is 49.8 Å². The number of aryl methyl sites for hydroxylation is 2. The van der Waals surface area contributed by atoms with Gasteiger partial charge in [0.1, 0.15) is 11.8 Å². The number of rotatable bonds is 8. The molecule has 2 aromatic rings. The SMILES string of the molecule is CCOC(=O)C1=NN(c2ccccc2)C(C(=O)NCCCc2cnn(C)c2)C1. The molecule has 0 spiro atoms. The summed E-state index contributed by atoms with van der Waals surface area (Å²) in [6, 6.07) is 8.79. The smallest absolute Gasteiger partial charge is 0.354 e. The number of hydrogen-bond donors (Lipinski definition) is 1. The number of hydrazone groups is 1. The third-order valence-corrected chi connectivity index (χ3v) is 4.44. The van der Waals surface area contributed by atoms with E-state index in [0.717, 1.165) is 24.1 Å². The van der Waals surface area contributed by atoms with E-state index in [4.69, 9.17) is 4.74 Å². The number of ether oxygens (including phenoxy) is 1. The van der Waals surface area contributed by atoms with Crippen LogP contribution in [0.1, 0.15) is 25.3 Å². The zero-order valence-electron chi connectivity index (χ0n) is 16.2. The Labute approximate surface area is 164 Å². The van der Waals surface area contributed by atoms with Crippen LogP contribution in [0.25, 0.3) is 0 Å². The van der Waals surface area contributed by atoms with E-state index >= 15 is 0 Å². The number of esters is 1. The molecule has 0 fully saturated rings. The van der Waals surface area contributed by atoms with Crippen molar-refractivity contribution in [1.29, 1.82) is 0 Å². The molecule has 2 heterocycles. The van der Waals surface area contributed by atoms with Gasteiger partial charge in [-0.15, -0.1) is 0 Å². The Hall–Kier alpha value is -3.16. The number of amides is 1. The van der Waals surface area contributed by atoms with E-state index in [0.29, 0.717) is 6.54 Å². The summed E-state index contributed by atoms with van der Waals surface area (Å²) in [6.45, 7) is 2.56. The quantitative estimate of drug-likeness (QED) is 0.553. The van der Waals surface area contributed by atoms with E-state index in [9.17, 15) is 9.59 Å². The number of anilines is 1. The summed E-state index contributed by atoms with van der Waals surface area (Å²) in [5.74, 6) is -0.631. The van der Waals surface area contributed by atoms with Gasteiger partial charge in [-0.05, 0) is 37.5 Å². The van der Waals surface area contributed by atoms with Crippen molar-refractivity contribution >= 4 is 23.3 Å². The molecule has 1 aromatic heterocycles. The van der Waals surface area contributed by atoms with Crippen molar-refractivity contribution in [3.05, 3.63) is 48.3 Å². The van der Waals surface area contributed by atoms with Gasteiger partial charge in [-0.3, -0.25) is 14.5 Å². The number of carbonyl (C=O) groups is 2. The maximum Gasteiger partial charge on any atom is 0.354 e. The first-order chi connectivity index (χ1) is 13.6. The Bertz CT molecular complexity index is 847. The van der Waals surface area contributed by atoms with Crippen LogP contribution in [0.5, 0.6) is 0 Å². The minimum Gasteiger partial charge on any atom is -0.461 e. The standard InChI is InChI=1S/C20H25N5O3/c1-3-28-20(27)17-12-18(25(23-17)16-9-5-4-6-10-16)19(26)21-11-7-8-15-13-22-24(2)14-15/h4-6,9-10,13-14,18H,3,7-8,11-12H2,1-2H3,(H,21,26). The fraction of sp³-hybridized carbons (Fsp3) is 0.400. The molecule has 1 amide bonds. The predicted octanol–water partition coefficient (Wildman–Crippen LogP) is 1.67. The highest BCUT2D eigenvalue weighted by atomic mass is 16.5. The lowest BCUT2D eigenvalue weighted by atomic mass is 10.1. The molecule has 1 aliphatic rings. The zero-order chi connectivity index (χ0) is 19.9. The van der Waals surface area contributed by atoms with Crippen LogP contribution in [0.15, 0.2) is 47.8 Å². The van der Waals surface area contributed by atoms with Gasteiger partial charge in [-0.1, -0.05) is 18.2 Å². The Morgan fingerprint density at radius 3 is 2.75 bits per heavy atom. The summed E-state index contributed by atoms with van der Waals surface area (Å²) in [4.78, 5) is 24.9. The van der Waals surface area contributed by atoms with Gasteiger partial charge in [0, 0.05) is 26.2 Å². The monoisotopic (exact) mass is 383 g/mol. The van der Waals surface area contributed by atoms with Crippen LogP contribution in [-0.2, 0) is 27.8 Å². The van der Waals surface area contributed by atoms with Crippen molar-refractivity contribution in [1.82, 2.24) is 15.1 Å². The Morgan fingerprint density at radius 1 is 1.29 bits per heavy atom. The van der Waals surface area contributed by atoms with E-state index < -0.39 is 12.0 Å². The molecule has 3 rings (SSSR count). The average Bonchev–Trinajstić information content (AvgIpc) is 3.32. The lowest BCUT2D eigenvalue weighted by Gasteiger charge is -2.22. The summed E-state index contributed by atoms with van der Waals surface area (Å²) in [7, 11) is 1.88. The van der Waals surface area contributed by atoms with Gasteiger partial charge in [0.15, 0.2) is 0 Å². The third-order valence-electron chi connectivity index (χ3n) is 4.44. The molecular weight excluding hydrogens is 358 g/mol. The van der Waals surface area contributed by atoms with Crippen molar-refractivity contribution in [2.45, 2.75) is 32.2 Å². The maximum absolute atomic E-state index is 12.8. The number of benzene rings is 1. The molecule has 0 saturated carbocycles. The van der Waals surface area contributed by atoms with Crippen LogP contribution in [0.4, 0.5) is 5.69 Å². The number of nitrogens with one attached hydrogen (secondary N) is 1. The molecule has 1 aromatic carbocycles. The van der Waals surface area contributed by atoms with Crippen LogP contribution in [0.2, 0.25) is 0 Å². The lowest BCUT2D eigenvalue weighted by Crippen LogP contribution is -2.43. The number of carbonyl (C=O) groups excluding carboxylic acids is 2. The van der Waals surface area contributed by atoms with Crippen molar-refractivity contribution in [3.8, 4) is 0 Å². The van der Waals surface area contributed by atoms with Crippen molar-refractivity contribution in [2.24, 2.45) is 12.1 Å². The molecule has 0 aliphatic carbocycles. The maximum atomic E-state index is 12.8. The molecule has 0 bridgehead atoms. The number of para-hydroxylation sites is 1. The summed E-state index contributed by atoms with van der Waals surface area (Å²) >= 11 is 0. The predicted molar refractivity (Wildman–Crippen MR) is 106 cm³/mol. The minimum atomic E-state index is -0.569. The van der Waals surface area contributed by atoms with Crippen molar-refractivity contribution < 1.29 is 14.3 Å². The van der Waals surface area contributed by atoms with Gasteiger partial charge in [0.2, 0.25) is 5.91 Å². The van der Waals surface area contributed by atoms with Crippen LogP contribution in [0.3, 0.4) is 0 Å². The number of nitrogens with zero attached hydrogens (tertiary/aromatic N) is 4. The molecule has 1 aliphatic heterocycles. The molecule has 8 nitrogen and oxygen atoms in total. The minimum absolute atomic E-state index is 0.155. The van der Waals surface area contributed by atoms with Gasteiger partial charge in [0.25, 0.3) is 0 Å². The molecule has 28 heavy (non-hydrogen) atoms. The number of aromatic nitrogens is 2. The van der Waals surface area contributed by atoms with Gasteiger partial charge >= 0.3 is 5.97 Å². The Kier molecular flexibility index (Phi) is 6.41. The average molecular weight is 383 g/mol. The first-order valence-corrected chi connectivity index (χ1v) is 9.42. The highest BCUT2D eigenvalue weighted by Gasteiger charge is 2.36. The molecule has 148 valence electrons. The van der Waals surface area contributed by atoms with E-state index in [1.165, 1.54) is 0 Å². The van der Waals surface area contributed by atoms with Crippen LogP contribution in [-0.4, -0.2) is 46.6 Å². The largest absolute Gasteiger partial charge is 0.461 e. The van der Waals surface area contributed by atoms with Crippen LogP contribution >= 0.6 is 0 Å². The van der Waals surface area contributed by atoms with E-state index in [2.05, 4.69) is 15.5 Å². The summed E-state index contributed by atoms with van der Waals surface area (Å²) < 4.78 is 6.81. The van der Waals surface area contributed by atoms with E-state index in [1.54, 1.807) is 16.6 Å². The van der Waals surface area contributed by atoms with Gasteiger partial charge in [0.05, 0.1) is 18.5 Å². The normalized spacial score (nSPS) is 16.0. The summed E-state index contributed by atoms with van der Waals surface area (Å²) in [5, 5.41) is 13.1. The summed E-state index contributed by atoms with van der Waals surface area (Å²) in [5.41, 5.74) is 2.16. The van der Waals surface area contributed by atoms with E-state index in [-0.39, 0.29) is 24.6 Å². The van der Waals surface area contributed by atoms with Crippen LogP contribution in [0, 0.1) is 0 Å². The molecule has 1 N–H and O–H groups in total. The molecular formula is C20H25N5O3. The second-order valence-electron chi connectivity index (χ2n) is 6.58. The first kappa shape index (κ1) is 19.6. The fourth-order valence-corrected chi connectivity index (χ4v) is 3.09. The molecule has 0 saturated heterocycles. The highest BCUT2D eigenvalue weighted by molar-refractivity contribution is 6.38. The molecule has 8 heteroatoms. The Balaban J connectivity index is 1.61. The van der Waals surface area contributed by atoms with Crippen LogP contribution < -0.4 is 10.3 Å². The molecule has 1 unspecified atom stereocenters. The second-order valence-corrected chi connectivity index (χ2v) is 6.58. The van der Waals surface area contributed by atoms with Crippen molar-refractivity contribution in [3.63, 3.8) is 0 Å². The lowest BCUT2D eigenvalue weighted by molar-refractivity contribution is -0.135. The number of hydrogen-bond acceptors (Lipinski definition) is 6. The van der Waals surface area contributed by atoms with Gasteiger partial charge < -0.3 is 10.1 Å². The first-order valence-electron chi connectivity index (χ1n) is 9.42. The van der Waals surface area contributed by atoms with Crippen molar-refractivity contribution in [2.75, 3.05) is 18.2 Å². The Morgan fingerprint density at radius 2 is 2.07 bits per heavy atom. The molecule has 1 atom stereocenters. The topological polar surface area (TPSA) is 88.8 Å². The zero-order valence-corrected chi connectivity index (χ0v) is 16.2. The van der Waals surface area contributed by atoms with Gasteiger partial charge in [-0.2, -0.15) is 10.2 Å². The fourth-order valence-electron chi connectivity index (χ4n) is 3.09.